The highest BCUT2D eigenvalue weighted by Gasteiger charge is 2.19. The molecule has 0 spiro atoms. The van der Waals surface area contributed by atoms with Gasteiger partial charge in [0.25, 0.3) is 0 Å². The molecular weight excluding hydrogens is 361 g/mol. The first-order chi connectivity index (χ1) is 13.4. The lowest BCUT2D eigenvalue weighted by Crippen LogP contribution is -2.47. The molecule has 0 unspecified atom stereocenters. The summed E-state index contributed by atoms with van der Waals surface area (Å²) in [4.78, 5) is 31.2. The van der Waals surface area contributed by atoms with E-state index in [4.69, 9.17) is 0 Å². The molecule has 0 aliphatic carbocycles. The van der Waals surface area contributed by atoms with E-state index in [9.17, 15) is 14.0 Å². The fourth-order valence-corrected chi connectivity index (χ4v) is 3.17. The number of benzene rings is 1. The van der Waals surface area contributed by atoms with Gasteiger partial charge in [-0.1, -0.05) is 0 Å². The maximum atomic E-state index is 14.2. The van der Waals surface area contributed by atoms with Crippen LogP contribution < -0.4 is 10.4 Å². The van der Waals surface area contributed by atoms with Gasteiger partial charge in [-0.05, 0) is 42.8 Å². The third kappa shape index (κ3) is 5.04. The predicted octanol–water partition coefficient (Wildman–Crippen LogP) is 2.18. The number of hydrazine groups is 1. The summed E-state index contributed by atoms with van der Waals surface area (Å²) in [5.74, 6) is -0.337. The largest absolute Gasteiger partial charge is 0.340 e. The number of hydrogen-bond donors (Lipinski definition) is 1. The molecule has 28 heavy (non-hydrogen) atoms. The quantitative estimate of drug-likeness (QED) is 0.610. The number of aromatic nitrogens is 1. The van der Waals surface area contributed by atoms with E-state index >= 15 is 0 Å². The van der Waals surface area contributed by atoms with Crippen LogP contribution in [0.2, 0.25) is 0 Å². The maximum absolute atomic E-state index is 14.2. The fraction of sp³-hybridized carbons (Fsp3) is 0.350. The van der Waals surface area contributed by atoms with Gasteiger partial charge in [0, 0.05) is 45.3 Å². The Hall–Kier alpha value is -3.00. The smallest absolute Gasteiger partial charge is 0.232 e. The van der Waals surface area contributed by atoms with Crippen molar-refractivity contribution in [2.75, 3.05) is 36.6 Å². The van der Waals surface area contributed by atoms with Crippen LogP contribution in [-0.2, 0) is 16.1 Å². The summed E-state index contributed by atoms with van der Waals surface area (Å²) in [6.45, 7) is 6.79. The lowest BCUT2D eigenvalue weighted by Gasteiger charge is -2.34. The minimum Gasteiger partial charge on any atom is -0.340 e. The molecular formula is C20H24FN5O2. The number of hydrogen-bond acceptors (Lipinski definition) is 5. The number of piperazine rings is 1. The number of anilines is 2. The van der Waals surface area contributed by atoms with Gasteiger partial charge in [-0.15, -0.1) is 0 Å². The molecule has 0 radical (unpaired) electrons. The van der Waals surface area contributed by atoms with Crippen LogP contribution >= 0.6 is 0 Å². The Balaban J connectivity index is 1.70. The van der Waals surface area contributed by atoms with Gasteiger partial charge in [-0.2, -0.15) is 0 Å². The van der Waals surface area contributed by atoms with E-state index in [2.05, 4.69) is 15.3 Å². The zero-order valence-electron chi connectivity index (χ0n) is 16.1. The van der Waals surface area contributed by atoms with Crippen molar-refractivity contribution in [3.05, 3.63) is 53.6 Å². The Bertz CT molecular complexity index is 835. The highest BCUT2D eigenvalue weighted by atomic mass is 19.1. The molecule has 8 heteroatoms. The molecule has 2 heterocycles. The van der Waals surface area contributed by atoms with Crippen LogP contribution in [0.15, 0.2) is 36.5 Å². The lowest BCUT2D eigenvalue weighted by atomic mass is 10.1. The van der Waals surface area contributed by atoms with Gasteiger partial charge in [0.05, 0.1) is 17.6 Å². The molecule has 2 amide bonds. The zero-order valence-corrected chi connectivity index (χ0v) is 16.1. The molecule has 3 rings (SSSR count). The normalized spacial score (nSPS) is 14.6. The van der Waals surface area contributed by atoms with Gasteiger partial charge in [0.1, 0.15) is 5.82 Å². The molecule has 0 bridgehead atoms. The number of amides is 2. The Labute approximate surface area is 163 Å². The number of carbonyl (C=O) groups is 2. The van der Waals surface area contributed by atoms with E-state index < -0.39 is 5.82 Å². The van der Waals surface area contributed by atoms with E-state index in [1.165, 1.54) is 17.1 Å². The number of nitrogens with one attached hydrogen (secondary N) is 1. The first kappa shape index (κ1) is 19.8. The van der Waals surface area contributed by atoms with Crippen molar-refractivity contribution >= 4 is 23.7 Å². The molecule has 7 nitrogen and oxygen atoms in total. The Morgan fingerprint density at radius 1 is 1.25 bits per heavy atom. The molecule has 0 saturated carbocycles. The average Bonchev–Trinajstić information content (AvgIpc) is 2.67. The van der Waals surface area contributed by atoms with Crippen LogP contribution in [0.5, 0.6) is 0 Å². The molecule has 1 N–H and O–H groups in total. The molecule has 1 aromatic carbocycles. The Kier molecular flexibility index (Phi) is 6.20. The number of halogens is 1. The lowest BCUT2D eigenvalue weighted by molar-refractivity contribution is -0.130. The minimum atomic E-state index is -0.412. The molecule has 1 aliphatic heterocycles. The highest BCUT2D eigenvalue weighted by Crippen LogP contribution is 2.21. The Morgan fingerprint density at radius 2 is 2.00 bits per heavy atom. The van der Waals surface area contributed by atoms with E-state index in [1.54, 1.807) is 30.2 Å². The van der Waals surface area contributed by atoms with Crippen molar-refractivity contribution in [2.45, 2.75) is 20.4 Å². The first-order valence-corrected chi connectivity index (χ1v) is 9.16. The van der Waals surface area contributed by atoms with Crippen LogP contribution in [0.4, 0.5) is 15.8 Å². The van der Waals surface area contributed by atoms with E-state index in [0.717, 1.165) is 24.3 Å². The molecule has 1 fully saturated rings. The van der Waals surface area contributed by atoms with Crippen LogP contribution in [0, 0.1) is 12.7 Å². The highest BCUT2D eigenvalue weighted by molar-refractivity contribution is 5.78. The number of carbonyl (C=O) groups excluding carboxylic acids is 2. The summed E-state index contributed by atoms with van der Waals surface area (Å²) in [5, 5.41) is 1.23. The van der Waals surface area contributed by atoms with Crippen molar-refractivity contribution in [3.8, 4) is 0 Å². The second-order valence-corrected chi connectivity index (χ2v) is 6.88. The van der Waals surface area contributed by atoms with Crippen molar-refractivity contribution in [1.29, 1.82) is 0 Å². The SMILES string of the molecule is CC(=O)N1CCN(Cc2cc(F)cc(N(C=O)Nc3ccc(C)nc3)c2)CC1. The third-order valence-corrected chi connectivity index (χ3v) is 4.71. The molecule has 2 aromatic rings. The number of aryl methyl sites for hydroxylation is 1. The first-order valence-electron chi connectivity index (χ1n) is 9.16. The van der Waals surface area contributed by atoms with Crippen molar-refractivity contribution in [1.82, 2.24) is 14.8 Å². The molecule has 1 saturated heterocycles. The second-order valence-electron chi connectivity index (χ2n) is 6.88. The predicted molar refractivity (Wildman–Crippen MR) is 105 cm³/mol. The van der Waals surface area contributed by atoms with Crippen molar-refractivity contribution in [3.63, 3.8) is 0 Å². The molecule has 148 valence electrons. The van der Waals surface area contributed by atoms with Crippen LogP contribution in [0.25, 0.3) is 0 Å². The summed E-state index contributed by atoms with van der Waals surface area (Å²) < 4.78 is 14.2. The van der Waals surface area contributed by atoms with Gasteiger partial charge in [-0.3, -0.25) is 24.9 Å². The van der Waals surface area contributed by atoms with Gasteiger partial charge < -0.3 is 4.90 Å². The number of pyridine rings is 1. The summed E-state index contributed by atoms with van der Waals surface area (Å²) in [6, 6.07) is 8.18. The van der Waals surface area contributed by atoms with E-state index in [-0.39, 0.29) is 5.91 Å². The van der Waals surface area contributed by atoms with Crippen LogP contribution in [0.1, 0.15) is 18.2 Å². The molecule has 0 atom stereocenters. The summed E-state index contributed by atoms with van der Waals surface area (Å²) in [5.41, 5.74) is 5.59. The Morgan fingerprint density at radius 3 is 2.61 bits per heavy atom. The third-order valence-electron chi connectivity index (χ3n) is 4.71. The summed E-state index contributed by atoms with van der Waals surface area (Å²) in [7, 11) is 0. The minimum absolute atomic E-state index is 0.0750. The van der Waals surface area contributed by atoms with Gasteiger partial charge in [0.15, 0.2) is 0 Å². The zero-order chi connectivity index (χ0) is 20.1. The van der Waals surface area contributed by atoms with Crippen molar-refractivity contribution in [2.24, 2.45) is 0 Å². The summed E-state index contributed by atoms with van der Waals surface area (Å²) >= 11 is 0. The van der Waals surface area contributed by atoms with Gasteiger partial charge in [0.2, 0.25) is 12.3 Å². The second kappa shape index (κ2) is 8.79. The fourth-order valence-electron chi connectivity index (χ4n) is 3.17. The van der Waals surface area contributed by atoms with E-state index in [1.807, 2.05) is 13.0 Å². The maximum Gasteiger partial charge on any atom is 0.232 e. The monoisotopic (exact) mass is 385 g/mol. The standard InChI is InChI=1S/C20H24FN5O2/c1-15-3-4-19(12-22-15)23-26(14-27)20-10-17(9-18(21)11-20)13-24-5-7-25(8-6-24)16(2)28/h3-4,9-12,14,23H,5-8,13H2,1-2H3. The number of rotatable bonds is 6. The van der Waals surface area contributed by atoms with Crippen LogP contribution in [-0.4, -0.2) is 53.3 Å². The average molecular weight is 385 g/mol. The molecule has 1 aliphatic rings. The van der Waals surface area contributed by atoms with Crippen molar-refractivity contribution < 1.29 is 14.0 Å². The molecule has 1 aromatic heterocycles. The number of nitrogens with zero attached hydrogens (tertiary/aromatic N) is 4. The topological polar surface area (TPSA) is 68.8 Å². The van der Waals surface area contributed by atoms with Gasteiger partial charge >= 0.3 is 0 Å². The van der Waals surface area contributed by atoms with Gasteiger partial charge in [-0.25, -0.2) is 9.40 Å². The van der Waals surface area contributed by atoms with E-state index in [0.29, 0.717) is 37.4 Å². The summed E-state index contributed by atoms with van der Waals surface area (Å²) in [6.07, 6.45) is 2.21. The van der Waals surface area contributed by atoms with Crippen LogP contribution in [0.3, 0.4) is 0 Å².